The standard InChI is InChI=1S/C13H24N2O5/c1-2-3-11(13(19)15-4-6-16)10-12(18)14-5-8-20-9-7-17/h2,11,16-17H,1,3-10H2,(H,14,18)(H,15,19). The summed E-state index contributed by atoms with van der Waals surface area (Å²) >= 11 is 0. The first kappa shape index (κ1) is 18.6. The third-order valence-electron chi connectivity index (χ3n) is 2.47. The predicted octanol–water partition coefficient (Wildman–Crippen LogP) is -1.20. The molecule has 7 heteroatoms. The van der Waals surface area contributed by atoms with Crippen molar-refractivity contribution in [2.24, 2.45) is 5.92 Å². The highest BCUT2D eigenvalue weighted by molar-refractivity contribution is 5.85. The van der Waals surface area contributed by atoms with Crippen LogP contribution in [0.5, 0.6) is 0 Å². The Morgan fingerprint density at radius 3 is 2.50 bits per heavy atom. The van der Waals surface area contributed by atoms with E-state index in [9.17, 15) is 9.59 Å². The molecule has 4 N–H and O–H groups in total. The van der Waals surface area contributed by atoms with E-state index in [0.717, 1.165) is 0 Å². The number of carbonyl (C=O) groups is 2. The molecule has 0 spiro atoms. The summed E-state index contributed by atoms with van der Waals surface area (Å²) in [6.45, 7) is 4.42. The molecule has 0 aromatic heterocycles. The molecular weight excluding hydrogens is 264 g/mol. The second kappa shape index (κ2) is 12.6. The fraction of sp³-hybridized carbons (Fsp3) is 0.692. The van der Waals surface area contributed by atoms with Gasteiger partial charge in [-0.15, -0.1) is 6.58 Å². The van der Waals surface area contributed by atoms with Gasteiger partial charge < -0.3 is 25.6 Å². The summed E-state index contributed by atoms with van der Waals surface area (Å²) in [5.41, 5.74) is 0. The van der Waals surface area contributed by atoms with Crippen molar-refractivity contribution in [3.8, 4) is 0 Å². The predicted molar refractivity (Wildman–Crippen MR) is 73.9 cm³/mol. The first-order valence-corrected chi connectivity index (χ1v) is 6.60. The van der Waals surface area contributed by atoms with Crippen molar-refractivity contribution in [1.82, 2.24) is 10.6 Å². The highest BCUT2D eigenvalue weighted by atomic mass is 16.5. The third-order valence-corrected chi connectivity index (χ3v) is 2.47. The van der Waals surface area contributed by atoms with E-state index in [1.165, 1.54) is 0 Å². The van der Waals surface area contributed by atoms with Crippen molar-refractivity contribution in [2.45, 2.75) is 12.8 Å². The molecule has 0 aromatic rings. The number of aliphatic hydroxyl groups excluding tert-OH is 2. The SMILES string of the molecule is C=CCC(CC(=O)NCCOCCO)C(=O)NCCO. The van der Waals surface area contributed by atoms with E-state index in [2.05, 4.69) is 17.2 Å². The molecule has 0 fully saturated rings. The summed E-state index contributed by atoms with van der Waals surface area (Å²) in [5.74, 6) is -1.01. The first-order valence-electron chi connectivity index (χ1n) is 6.60. The molecule has 0 bridgehead atoms. The molecule has 0 aromatic carbocycles. The number of hydrogen-bond donors (Lipinski definition) is 4. The van der Waals surface area contributed by atoms with Crippen LogP contribution in [-0.2, 0) is 14.3 Å². The summed E-state index contributed by atoms with van der Waals surface area (Å²) in [6.07, 6.45) is 2.04. The van der Waals surface area contributed by atoms with Gasteiger partial charge in [0.05, 0.1) is 32.3 Å². The minimum Gasteiger partial charge on any atom is -0.395 e. The molecule has 116 valence electrons. The maximum Gasteiger partial charge on any atom is 0.224 e. The van der Waals surface area contributed by atoms with Gasteiger partial charge in [0.2, 0.25) is 11.8 Å². The fourth-order valence-electron chi connectivity index (χ4n) is 1.53. The monoisotopic (exact) mass is 288 g/mol. The van der Waals surface area contributed by atoms with Gasteiger partial charge in [0.25, 0.3) is 0 Å². The second-order valence-corrected chi connectivity index (χ2v) is 4.13. The Hall–Kier alpha value is -1.44. The number of nitrogens with one attached hydrogen (secondary N) is 2. The zero-order valence-electron chi connectivity index (χ0n) is 11.6. The van der Waals surface area contributed by atoms with Gasteiger partial charge in [-0.1, -0.05) is 6.08 Å². The summed E-state index contributed by atoms with van der Waals surface area (Å²) in [5, 5.41) is 22.3. The van der Waals surface area contributed by atoms with E-state index >= 15 is 0 Å². The molecule has 0 heterocycles. The van der Waals surface area contributed by atoms with Gasteiger partial charge in [-0.25, -0.2) is 0 Å². The van der Waals surface area contributed by atoms with E-state index in [-0.39, 0.29) is 44.6 Å². The van der Waals surface area contributed by atoms with Gasteiger partial charge in [-0.3, -0.25) is 9.59 Å². The van der Waals surface area contributed by atoms with Crippen molar-refractivity contribution in [3.63, 3.8) is 0 Å². The maximum absolute atomic E-state index is 11.7. The molecule has 1 unspecified atom stereocenters. The second-order valence-electron chi connectivity index (χ2n) is 4.13. The van der Waals surface area contributed by atoms with Crippen LogP contribution in [0.1, 0.15) is 12.8 Å². The minimum atomic E-state index is -0.489. The lowest BCUT2D eigenvalue weighted by Crippen LogP contribution is -2.36. The average Bonchev–Trinajstić information content (AvgIpc) is 2.44. The average molecular weight is 288 g/mol. The normalized spacial score (nSPS) is 11.7. The van der Waals surface area contributed by atoms with Crippen LogP contribution in [0, 0.1) is 5.92 Å². The number of aliphatic hydroxyl groups is 2. The Morgan fingerprint density at radius 1 is 1.15 bits per heavy atom. The zero-order chi connectivity index (χ0) is 15.2. The van der Waals surface area contributed by atoms with Crippen LogP contribution in [0.2, 0.25) is 0 Å². The van der Waals surface area contributed by atoms with Gasteiger partial charge in [0.15, 0.2) is 0 Å². The summed E-state index contributed by atoms with van der Waals surface area (Å²) in [6, 6.07) is 0. The van der Waals surface area contributed by atoms with Crippen molar-refractivity contribution < 1.29 is 24.5 Å². The lowest BCUT2D eigenvalue weighted by Gasteiger charge is -2.14. The highest BCUT2D eigenvalue weighted by Gasteiger charge is 2.20. The van der Waals surface area contributed by atoms with Gasteiger partial charge in [-0.2, -0.15) is 0 Å². The molecule has 0 radical (unpaired) electrons. The minimum absolute atomic E-state index is 0.0552. The number of carbonyl (C=O) groups excluding carboxylic acids is 2. The third kappa shape index (κ3) is 9.48. The van der Waals surface area contributed by atoms with Crippen molar-refractivity contribution in [1.29, 1.82) is 0 Å². The number of rotatable bonds is 12. The largest absolute Gasteiger partial charge is 0.395 e. The van der Waals surface area contributed by atoms with Crippen LogP contribution in [0.15, 0.2) is 12.7 Å². The summed E-state index contributed by atoms with van der Waals surface area (Å²) in [7, 11) is 0. The van der Waals surface area contributed by atoms with E-state index in [0.29, 0.717) is 19.6 Å². The van der Waals surface area contributed by atoms with Crippen molar-refractivity contribution >= 4 is 11.8 Å². The Bertz CT molecular complexity index is 296. The van der Waals surface area contributed by atoms with Crippen molar-refractivity contribution in [3.05, 3.63) is 12.7 Å². The molecule has 0 aliphatic carbocycles. The number of allylic oxidation sites excluding steroid dienone is 1. The highest BCUT2D eigenvalue weighted by Crippen LogP contribution is 2.09. The molecule has 0 saturated heterocycles. The molecule has 7 nitrogen and oxygen atoms in total. The van der Waals surface area contributed by atoms with E-state index in [1.54, 1.807) is 6.08 Å². The Kier molecular flexibility index (Phi) is 11.7. The molecule has 2 amide bonds. The summed E-state index contributed by atoms with van der Waals surface area (Å²) in [4.78, 5) is 23.4. The Morgan fingerprint density at radius 2 is 1.90 bits per heavy atom. The van der Waals surface area contributed by atoms with Gasteiger partial charge in [-0.05, 0) is 6.42 Å². The van der Waals surface area contributed by atoms with E-state index in [4.69, 9.17) is 14.9 Å². The van der Waals surface area contributed by atoms with Gasteiger partial charge in [0.1, 0.15) is 0 Å². The van der Waals surface area contributed by atoms with Gasteiger partial charge >= 0.3 is 0 Å². The van der Waals surface area contributed by atoms with Crippen LogP contribution in [0.4, 0.5) is 0 Å². The summed E-state index contributed by atoms with van der Waals surface area (Å²) < 4.78 is 5.00. The molecule has 0 rings (SSSR count). The van der Waals surface area contributed by atoms with Crippen LogP contribution < -0.4 is 10.6 Å². The molecule has 20 heavy (non-hydrogen) atoms. The topological polar surface area (TPSA) is 108 Å². The molecule has 1 atom stereocenters. The zero-order valence-corrected chi connectivity index (χ0v) is 11.6. The van der Waals surface area contributed by atoms with E-state index < -0.39 is 5.92 Å². The quantitative estimate of drug-likeness (QED) is 0.266. The van der Waals surface area contributed by atoms with Gasteiger partial charge in [0, 0.05) is 19.5 Å². The first-order chi connectivity index (χ1) is 9.65. The number of hydrogen-bond acceptors (Lipinski definition) is 5. The maximum atomic E-state index is 11.7. The molecule has 0 aliphatic heterocycles. The molecule has 0 aliphatic rings. The van der Waals surface area contributed by atoms with Crippen molar-refractivity contribution in [2.75, 3.05) is 39.5 Å². The number of ether oxygens (including phenoxy) is 1. The van der Waals surface area contributed by atoms with Crippen LogP contribution in [0.25, 0.3) is 0 Å². The van der Waals surface area contributed by atoms with E-state index in [1.807, 2.05) is 0 Å². The Balaban J connectivity index is 4.00. The Labute approximate surface area is 119 Å². The lowest BCUT2D eigenvalue weighted by atomic mass is 10.00. The van der Waals surface area contributed by atoms with Crippen LogP contribution >= 0.6 is 0 Å². The molecular formula is C13H24N2O5. The lowest BCUT2D eigenvalue weighted by molar-refractivity contribution is -0.130. The van der Waals surface area contributed by atoms with Crippen LogP contribution in [-0.4, -0.2) is 61.5 Å². The smallest absolute Gasteiger partial charge is 0.224 e. The number of amides is 2. The fourth-order valence-corrected chi connectivity index (χ4v) is 1.53. The molecule has 0 saturated carbocycles. The van der Waals surface area contributed by atoms with Crippen LogP contribution in [0.3, 0.4) is 0 Å².